The maximum atomic E-state index is 5.75. The molecule has 1 aliphatic carbocycles. The van der Waals surface area contributed by atoms with E-state index in [0.717, 1.165) is 17.8 Å². The highest BCUT2D eigenvalue weighted by Gasteiger charge is 2.12. The van der Waals surface area contributed by atoms with Gasteiger partial charge >= 0.3 is 0 Å². The van der Waals surface area contributed by atoms with Crippen molar-refractivity contribution in [3.63, 3.8) is 0 Å². The molecule has 4 rings (SSSR count). The molecule has 2 nitrogen and oxygen atoms in total. The first kappa shape index (κ1) is 20.3. The third-order valence-electron chi connectivity index (χ3n) is 6.23. The van der Waals surface area contributed by atoms with E-state index in [4.69, 9.17) is 10.7 Å². The van der Waals surface area contributed by atoms with Crippen LogP contribution in [-0.2, 0) is 25.7 Å². The van der Waals surface area contributed by atoms with E-state index >= 15 is 0 Å². The predicted molar refractivity (Wildman–Crippen MR) is 125 cm³/mol. The van der Waals surface area contributed by atoms with Crippen molar-refractivity contribution in [3.8, 4) is 10.6 Å². The first-order valence-electron chi connectivity index (χ1n) is 11.0. The molecule has 0 aliphatic heterocycles. The van der Waals surface area contributed by atoms with Gasteiger partial charge < -0.3 is 5.73 Å². The summed E-state index contributed by atoms with van der Waals surface area (Å²) in [6, 6.07) is 11.7. The monoisotopic (exact) mass is 404 g/mol. The van der Waals surface area contributed by atoms with Crippen LogP contribution in [-0.4, -0.2) is 11.5 Å². The summed E-state index contributed by atoms with van der Waals surface area (Å²) in [5, 5.41) is 3.38. The lowest BCUT2D eigenvalue weighted by Gasteiger charge is -2.14. The average Bonchev–Trinajstić information content (AvgIpc) is 3.15. The lowest BCUT2D eigenvalue weighted by atomic mass is 9.92. The molecule has 2 aromatic carbocycles. The van der Waals surface area contributed by atoms with Crippen LogP contribution >= 0.6 is 11.3 Å². The van der Waals surface area contributed by atoms with Crippen LogP contribution < -0.4 is 5.73 Å². The van der Waals surface area contributed by atoms with Gasteiger partial charge in [-0.2, -0.15) is 0 Å². The van der Waals surface area contributed by atoms with E-state index in [0.29, 0.717) is 6.54 Å². The number of nitrogens with zero attached hydrogens (tertiary/aromatic N) is 1. The maximum absolute atomic E-state index is 5.75. The van der Waals surface area contributed by atoms with Crippen molar-refractivity contribution in [2.45, 2.75) is 65.2 Å². The van der Waals surface area contributed by atoms with Gasteiger partial charge in [0.25, 0.3) is 0 Å². The molecule has 1 heterocycles. The van der Waals surface area contributed by atoms with Gasteiger partial charge in [0.05, 0.1) is 5.69 Å². The Morgan fingerprint density at radius 1 is 0.897 bits per heavy atom. The third kappa shape index (κ3) is 4.79. The highest BCUT2D eigenvalue weighted by molar-refractivity contribution is 7.13. The van der Waals surface area contributed by atoms with Crippen molar-refractivity contribution in [3.05, 3.63) is 74.8 Å². The fourth-order valence-electron chi connectivity index (χ4n) is 4.49. The minimum absolute atomic E-state index is 0.704. The molecule has 1 aromatic heterocycles. The largest absolute Gasteiger partial charge is 0.330 e. The summed E-state index contributed by atoms with van der Waals surface area (Å²) in [5.74, 6) is 0. The lowest BCUT2D eigenvalue weighted by Crippen LogP contribution is -2.05. The summed E-state index contributed by atoms with van der Waals surface area (Å²) >= 11 is 1.78. The SMILES string of the molecule is Cc1cc(Cc2csc(-c3ccc4c(c3)CCCCCC4)n2)c(C)cc1CCN. The predicted octanol–water partition coefficient (Wildman–Crippen LogP) is 6.18. The van der Waals surface area contributed by atoms with E-state index in [1.165, 1.54) is 72.0 Å². The zero-order valence-corrected chi connectivity index (χ0v) is 18.6. The van der Waals surface area contributed by atoms with E-state index < -0.39 is 0 Å². The molecule has 1 aliphatic rings. The second kappa shape index (κ2) is 9.23. The molecule has 152 valence electrons. The molecule has 0 bridgehead atoms. The molecule has 3 heteroatoms. The Labute approximate surface area is 179 Å². The fourth-order valence-corrected chi connectivity index (χ4v) is 5.30. The molecule has 0 spiro atoms. The molecule has 0 atom stereocenters. The van der Waals surface area contributed by atoms with Crippen LogP contribution in [0.3, 0.4) is 0 Å². The second-order valence-corrected chi connectivity index (χ2v) is 9.32. The Kier molecular flexibility index (Phi) is 6.46. The Bertz CT molecular complexity index is 986. The summed E-state index contributed by atoms with van der Waals surface area (Å²) in [5.41, 5.74) is 16.7. The summed E-state index contributed by atoms with van der Waals surface area (Å²) in [4.78, 5) is 4.99. The number of fused-ring (bicyclic) bond motifs is 1. The first-order valence-corrected chi connectivity index (χ1v) is 11.9. The quantitative estimate of drug-likeness (QED) is 0.551. The maximum Gasteiger partial charge on any atom is 0.123 e. The first-order chi connectivity index (χ1) is 14.1. The van der Waals surface area contributed by atoms with Gasteiger partial charge in [0.15, 0.2) is 0 Å². The van der Waals surface area contributed by atoms with Gasteiger partial charge in [0.1, 0.15) is 5.01 Å². The Morgan fingerprint density at radius 3 is 2.41 bits per heavy atom. The van der Waals surface area contributed by atoms with Gasteiger partial charge in [0.2, 0.25) is 0 Å². The number of thiazole rings is 1. The molecule has 2 N–H and O–H groups in total. The van der Waals surface area contributed by atoms with E-state index in [1.807, 2.05) is 0 Å². The van der Waals surface area contributed by atoms with Crippen LogP contribution in [0.5, 0.6) is 0 Å². The van der Waals surface area contributed by atoms with Crippen LogP contribution in [0.4, 0.5) is 0 Å². The summed E-state index contributed by atoms with van der Waals surface area (Å²) in [7, 11) is 0. The summed E-state index contributed by atoms with van der Waals surface area (Å²) in [6.07, 6.45) is 9.70. The summed E-state index contributed by atoms with van der Waals surface area (Å²) < 4.78 is 0. The van der Waals surface area contributed by atoms with Crippen molar-refractivity contribution in [2.75, 3.05) is 6.54 Å². The van der Waals surface area contributed by atoms with Crippen LogP contribution in [0.15, 0.2) is 35.7 Å². The van der Waals surface area contributed by atoms with E-state index in [1.54, 1.807) is 22.5 Å². The van der Waals surface area contributed by atoms with Crippen LogP contribution in [0.2, 0.25) is 0 Å². The van der Waals surface area contributed by atoms with Crippen molar-refractivity contribution >= 4 is 11.3 Å². The Hall–Kier alpha value is -1.97. The number of hydrogen-bond donors (Lipinski definition) is 1. The van der Waals surface area contributed by atoms with Crippen molar-refractivity contribution < 1.29 is 0 Å². The molecule has 0 saturated carbocycles. The van der Waals surface area contributed by atoms with E-state index in [9.17, 15) is 0 Å². The standard InChI is InChI=1S/C26H32N2S/c1-18-14-24(19(2)13-21(18)11-12-27)16-25-17-29-26(28-25)23-10-9-20-7-5-3-4-6-8-22(20)15-23/h9-10,13-15,17H,3-8,11-12,16,27H2,1-2H3. The van der Waals surface area contributed by atoms with Gasteiger partial charge in [-0.1, -0.05) is 37.1 Å². The van der Waals surface area contributed by atoms with Crippen molar-refractivity contribution in [1.29, 1.82) is 0 Å². The van der Waals surface area contributed by atoms with Gasteiger partial charge in [-0.05, 0) is 91.9 Å². The molecule has 29 heavy (non-hydrogen) atoms. The van der Waals surface area contributed by atoms with Crippen molar-refractivity contribution in [2.24, 2.45) is 5.73 Å². The number of hydrogen-bond acceptors (Lipinski definition) is 3. The third-order valence-corrected chi connectivity index (χ3v) is 7.17. The second-order valence-electron chi connectivity index (χ2n) is 8.46. The Morgan fingerprint density at radius 2 is 1.62 bits per heavy atom. The molecular formula is C26H32N2S. The topological polar surface area (TPSA) is 38.9 Å². The normalized spacial score (nSPS) is 14.3. The van der Waals surface area contributed by atoms with Gasteiger partial charge in [-0.15, -0.1) is 11.3 Å². The number of aryl methyl sites for hydroxylation is 4. The van der Waals surface area contributed by atoms with Crippen molar-refractivity contribution in [1.82, 2.24) is 4.98 Å². The van der Waals surface area contributed by atoms with E-state index in [2.05, 4.69) is 49.6 Å². The highest BCUT2D eigenvalue weighted by atomic mass is 32.1. The molecule has 0 fully saturated rings. The number of benzene rings is 2. The zero-order chi connectivity index (χ0) is 20.2. The number of nitrogens with two attached hydrogens (primary N) is 1. The van der Waals surface area contributed by atoms with Crippen LogP contribution in [0.1, 0.15) is 64.8 Å². The zero-order valence-electron chi connectivity index (χ0n) is 17.8. The molecule has 0 radical (unpaired) electrons. The molecule has 3 aromatic rings. The molecular weight excluding hydrogens is 372 g/mol. The molecule has 0 unspecified atom stereocenters. The minimum atomic E-state index is 0.704. The fraction of sp³-hybridized carbons (Fsp3) is 0.423. The lowest BCUT2D eigenvalue weighted by molar-refractivity contribution is 0.617. The number of aromatic nitrogens is 1. The smallest absolute Gasteiger partial charge is 0.123 e. The van der Waals surface area contributed by atoms with Gasteiger partial charge in [-0.25, -0.2) is 4.98 Å². The Balaban J connectivity index is 1.55. The molecule has 0 amide bonds. The number of rotatable bonds is 5. The minimum Gasteiger partial charge on any atom is -0.330 e. The van der Waals surface area contributed by atoms with E-state index in [-0.39, 0.29) is 0 Å². The van der Waals surface area contributed by atoms with Crippen LogP contribution in [0, 0.1) is 13.8 Å². The average molecular weight is 405 g/mol. The summed E-state index contributed by atoms with van der Waals surface area (Å²) in [6.45, 7) is 5.10. The van der Waals surface area contributed by atoms with Crippen LogP contribution in [0.25, 0.3) is 10.6 Å². The highest BCUT2D eigenvalue weighted by Crippen LogP contribution is 2.30. The van der Waals surface area contributed by atoms with Gasteiger partial charge in [0, 0.05) is 17.4 Å². The molecule has 0 saturated heterocycles. The van der Waals surface area contributed by atoms with Gasteiger partial charge in [-0.3, -0.25) is 0 Å².